The summed E-state index contributed by atoms with van der Waals surface area (Å²) in [5.74, 6) is 1.42. The van der Waals surface area contributed by atoms with Crippen molar-refractivity contribution in [2.45, 2.75) is 44.8 Å². The van der Waals surface area contributed by atoms with Crippen LogP contribution in [0.5, 0.6) is 0 Å². The third kappa shape index (κ3) is 3.58. The molecule has 2 amide bonds. The summed E-state index contributed by atoms with van der Waals surface area (Å²) in [6.07, 6.45) is 7.90. The van der Waals surface area contributed by atoms with E-state index in [0.717, 1.165) is 42.8 Å². The van der Waals surface area contributed by atoms with E-state index in [4.69, 9.17) is 10.7 Å². The van der Waals surface area contributed by atoms with Crippen molar-refractivity contribution in [3.8, 4) is 0 Å². The van der Waals surface area contributed by atoms with E-state index < -0.39 is 0 Å². The lowest BCUT2D eigenvalue weighted by Crippen LogP contribution is -2.44. The molecule has 0 spiro atoms. The van der Waals surface area contributed by atoms with E-state index in [1.165, 1.54) is 0 Å². The number of nitrogens with one attached hydrogen (secondary N) is 1. The molecule has 2 atom stereocenters. The average molecular weight is 347 g/mol. The first-order chi connectivity index (χ1) is 11.5. The Bertz CT molecular complexity index is 630. The second kappa shape index (κ2) is 7.13. The van der Waals surface area contributed by atoms with Crippen LogP contribution < -0.4 is 11.1 Å². The lowest BCUT2D eigenvalue weighted by molar-refractivity contribution is -0.124. The van der Waals surface area contributed by atoms with Crippen LogP contribution in [0.15, 0.2) is 28.4 Å². The van der Waals surface area contributed by atoms with Crippen LogP contribution in [0.3, 0.4) is 0 Å². The highest BCUT2D eigenvalue weighted by Crippen LogP contribution is 2.35. The fourth-order valence-corrected chi connectivity index (χ4v) is 4.82. The SMILES string of the molecule is CC1=C2N=C(CS[C@H]3CC[C@@H](C(N)=O)CC3)NC(=O)C2C(C)C=C1. The summed E-state index contributed by atoms with van der Waals surface area (Å²) in [5.41, 5.74) is 7.38. The van der Waals surface area contributed by atoms with Crippen LogP contribution >= 0.6 is 11.8 Å². The molecule has 0 saturated heterocycles. The zero-order chi connectivity index (χ0) is 17.3. The number of aliphatic imine (C=N–C) groups is 1. The van der Waals surface area contributed by atoms with Crippen molar-refractivity contribution in [3.05, 3.63) is 23.4 Å². The molecular weight excluding hydrogens is 322 g/mol. The monoisotopic (exact) mass is 347 g/mol. The molecule has 24 heavy (non-hydrogen) atoms. The van der Waals surface area contributed by atoms with E-state index in [1.54, 1.807) is 0 Å². The van der Waals surface area contributed by atoms with Crippen molar-refractivity contribution >= 4 is 29.4 Å². The predicted molar refractivity (Wildman–Crippen MR) is 97.5 cm³/mol. The number of carbonyl (C=O) groups is 2. The minimum Gasteiger partial charge on any atom is -0.369 e. The largest absolute Gasteiger partial charge is 0.369 e. The molecule has 130 valence electrons. The highest BCUT2D eigenvalue weighted by molar-refractivity contribution is 8.00. The second-order valence-corrected chi connectivity index (χ2v) is 8.29. The van der Waals surface area contributed by atoms with Gasteiger partial charge in [-0.3, -0.25) is 9.59 Å². The van der Waals surface area contributed by atoms with Gasteiger partial charge in [0.2, 0.25) is 11.8 Å². The van der Waals surface area contributed by atoms with E-state index in [9.17, 15) is 9.59 Å². The van der Waals surface area contributed by atoms with Crippen LogP contribution in [0.25, 0.3) is 0 Å². The summed E-state index contributed by atoms with van der Waals surface area (Å²) in [4.78, 5) is 28.4. The molecule has 3 rings (SSSR count). The van der Waals surface area contributed by atoms with E-state index in [0.29, 0.717) is 11.0 Å². The predicted octanol–water partition coefficient (Wildman–Crippen LogP) is 2.39. The topological polar surface area (TPSA) is 84.5 Å². The van der Waals surface area contributed by atoms with Gasteiger partial charge in [0.25, 0.3) is 0 Å². The summed E-state index contributed by atoms with van der Waals surface area (Å²) in [7, 11) is 0. The molecule has 0 radical (unpaired) electrons. The first-order valence-electron chi connectivity index (χ1n) is 8.64. The third-order valence-corrected chi connectivity index (χ3v) is 6.59. The zero-order valence-electron chi connectivity index (χ0n) is 14.2. The molecule has 0 bridgehead atoms. The zero-order valence-corrected chi connectivity index (χ0v) is 15.1. The Morgan fingerprint density at radius 3 is 2.75 bits per heavy atom. The quantitative estimate of drug-likeness (QED) is 0.819. The second-order valence-electron chi connectivity index (χ2n) is 7.00. The molecule has 0 aromatic rings. The van der Waals surface area contributed by atoms with Gasteiger partial charge in [-0.05, 0) is 44.1 Å². The number of amides is 2. The van der Waals surface area contributed by atoms with Crippen molar-refractivity contribution < 1.29 is 9.59 Å². The molecule has 3 aliphatic rings. The number of thioether (sulfide) groups is 1. The number of fused-ring (bicyclic) bond motifs is 1. The first kappa shape index (κ1) is 17.3. The maximum Gasteiger partial charge on any atom is 0.235 e. The van der Waals surface area contributed by atoms with Gasteiger partial charge in [-0.1, -0.05) is 19.1 Å². The van der Waals surface area contributed by atoms with Crippen molar-refractivity contribution in [1.82, 2.24) is 5.32 Å². The summed E-state index contributed by atoms with van der Waals surface area (Å²) >= 11 is 1.82. The van der Waals surface area contributed by atoms with Crippen molar-refractivity contribution in [1.29, 1.82) is 0 Å². The number of carbonyl (C=O) groups excluding carboxylic acids is 2. The molecule has 2 aliphatic carbocycles. The van der Waals surface area contributed by atoms with Crippen LogP contribution in [-0.4, -0.2) is 28.7 Å². The number of allylic oxidation sites excluding steroid dienone is 3. The molecule has 0 aromatic carbocycles. The number of rotatable bonds is 4. The highest BCUT2D eigenvalue weighted by Gasteiger charge is 2.35. The van der Waals surface area contributed by atoms with E-state index >= 15 is 0 Å². The Balaban J connectivity index is 1.60. The Kier molecular flexibility index (Phi) is 5.13. The molecule has 2 unspecified atom stereocenters. The van der Waals surface area contributed by atoms with E-state index in [2.05, 4.69) is 24.4 Å². The number of hydrogen-bond donors (Lipinski definition) is 2. The number of hydrogen-bond acceptors (Lipinski definition) is 4. The summed E-state index contributed by atoms with van der Waals surface area (Å²) in [5, 5.41) is 3.49. The van der Waals surface area contributed by atoms with Crippen LogP contribution in [0.1, 0.15) is 39.5 Å². The fraction of sp³-hybridized carbons (Fsp3) is 0.611. The lowest BCUT2D eigenvalue weighted by Gasteiger charge is -2.31. The first-order valence-corrected chi connectivity index (χ1v) is 9.69. The molecule has 1 heterocycles. The van der Waals surface area contributed by atoms with Gasteiger partial charge in [-0.25, -0.2) is 4.99 Å². The summed E-state index contributed by atoms with van der Waals surface area (Å²) in [6.45, 7) is 4.07. The van der Waals surface area contributed by atoms with Crippen molar-refractivity contribution in [2.24, 2.45) is 28.5 Å². The minimum absolute atomic E-state index is 0.0395. The van der Waals surface area contributed by atoms with Crippen LogP contribution in [0.4, 0.5) is 0 Å². The van der Waals surface area contributed by atoms with Gasteiger partial charge in [0, 0.05) is 11.2 Å². The Morgan fingerprint density at radius 2 is 2.08 bits per heavy atom. The molecule has 1 saturated carbocycles. The van der Waals surface area contributed by atoms with Gasteiger partial charge in [-0.15, -0.1) is 0 Å². The van der Waals surface area contributed by atoms with Crippen molar-refractivity contribution in [3.63, 3.8) is 0 Å². The van der Waals surface area contributed by atoms with Gasteiger partial charge in [0.05, 0.1) is 17.4 Å². The van der Waals surface area contributed by atoms with Crippen molar-refractivity contribution in [2.75, 3.05) is 5.75 Å². The Hall–Kier alpha value is -1.56. The molecular formula is C18H25N3O2S. The lowest BCUT2D eigenvalue weighted by atomic mass is 9.83. The third-order valence-electron chi connectivity index (χ3n) is 5.21. The molecule has 1 fully saturated rings. The highest BCUT2D eigenvalue weighted by atomic mass is 32.2. The Labute approximate surface area is 147 Å². The smallest absolute Gasteiger partial charge is 0.235 e. The maximum atomic E-state index is 12.4. The number of nitrogens with two attached hydrogens (primary N) is 1. The van der Waals surface area contributed by atoms with Crippen LogP contribution in [0, 0.1) is 17.8 Å². The minimum atomic E-state index is -0.171. The normalized spacial score (nSPS) is 32.9. The summed E-state index contributed by atoms with van der Waals surface area (Å²) < 4.78 is 0. The van der Waals surface area contributed by atoms with Gasteiger partial charge in [0.15, 0.2) is 0 Å². The number of nitrogens with zero attached hydrogens (tertiary/aromatic N) is 1. The number of amidine groups is 1. The Morgan fingerprint density at radius 1 is 1.38 bits per heavy atom. The average Bonchev–Trinajstić information content (AvgIpc) is 2.56. The van der Waals surface area contributed by atoms with E-state index in [1.807, 2.05) is 18.7 Å². The molecule has 6 heteroatoms. The van der Waals surface area contributed by atoms with Gasteiger partial charge in [0.1, 0.15) is 5.84 Å². The standard InChI is InChI=1S/C18H25N3O2S/c1-10-3-4-11(2)16-15(10)18(23)21-14(20-16)9-24-13-7-5-12(6-8-13)17(19)22/h3-4,10,12-13,15H,5-9H2,1-2H3,(H2,19,22)(H,20,21,23)/t10?,12-,13+,15?. The van der Waals surface area contributed by atoms with Gasteiger partial charge < -0.3 is 11.1 Å². The fourth-order valence-electron chi connectivity index (χ4n) is 3.68. The molecule has 5 nitrogen and oxygen atoms in total. The van der Waals surface area contributed by atoms with Gasteiger partial charge in [-0.2, -0.15) is 11.8 Å². The molecule has 3 N–H and O–H groups in total. The molecule has 0 aromatic heterocycles. The number of primary amides is 1. The molecule has 1 aliphatic heterocycles. The van der Waals surface area contributed by atoms with Crippen LogP contribution in [-0.2, 0) is 9.59 Å². The van der Waals surface area contributed by atoms with Gasteiger partial charge >= 0.3 is 0 Å². The summed E-state index contributed by atoms with van der Waals surface area (Å²) in [6, 6.07) is 0. The van der Waals surface area contributed by atoms with Crippen LogP contribution in [0.2, 0.25) is 0 Å². The maximum absolute atomic E-state index is 12.4. The van der Waals surface area contributed by atoms with E-state index in [-0.39, 0.29) is 29.6 Å².